The van der Waals surface area contributed by atoms with Crippen molar-refractivity contribution in [2.75, 3.05) is 20.1 Å². The maximum absolute atomic E-state index is 12.6. The van der Waals surface area contributed by atoms with Gasteiger partial charge in [-0.2, -0.15) is 0 Å². The van der Waals surface area contributed by atoms with Gasteiger partial charge in [-0.1, -0.05) is 18.2 Å². The fourth-order valence-corrected chi connectivity index (χ4v) is 2.93. The van der Waals surface area contributed by atoms with Crippen molar-refractivity contribution in [3.63, 3.8) is 0 Å². The first-order valence-corrected chi connectivity index (χ1v) is 7.15. The van der Waals surface area contributed by atoms with E-state index in [2.05, 4.69) is 30.8 Å². The Kier molecular flexibility index (Phi) is 3.26. The summed E-state index contributed by atoms with van der Waals surface area (Å²) >= 11 is 0. The second-order valence-electron chi connectivity index (χ2n) is 5.84. The van der Waals surface area contributed by atoms with Crippen molar-refractivity contribution < 1.29 is 4.79 Å². The van der Waals surface area contributed by atoms with Crippen LogP contribution in [0.4, 0.5) is 0 Å². The molecule has 1 fully saturated rings. The Hall–Kier alpha value is -1.81. The van der Waals surface area contributed by atoms with Gasteiger partial charge in [0.2, 0.25) is 0 Å². The Morgan fingerprint density at radius 1 is 1.20 bits per heavy atom. The minimum Gasteiger partial charge on any atom is -0.351 e. The highest BCUT2D eigenvalue weighted by Crippen LogP contribution is 2.19. The van der Waals surface area contributed by atoms with E-state index in [1.54, 1.807) is 0 Å². The van der Waals surface area contributed by atoms with Crippen LogP contribution in [0.5, 0.6) is 0 Å². The van der Waals surface area contributed by atoms with Gasteiger partial charge in [-0.25, -0.2) is 0 Å². The molecule has 4 nitrogen and oxygen atoms in total. The van der Waals surface area contributed by atoms with Gasteiger partial charge in [0.1, 0.15) is 5.69 Å². The first kappa shape index (κ1) is 13.2. The largest absolute Gasteiger partial charge is 0.351 e. The number of hydrogen-bond donors (Lipinski definition) is 1. The molecule has 1 N–H and O–H groups in total. The normalized spacial score (nSPS) is 24.2. The lowest BCUT2D eigenvalue weighted by Crippen LogP contribution is -2.56. The lowest BCUT2D eigenvalue weighted by molar-refractivity contribution is 0.0410. The number of H-pyrrole nitrogens is 1. The van der Waals surface area contributed by atoms with Gasteiger partial charge in [0, 0.05) is 36.1 Å². The molecule has 106 valence electrons. The van der Waals surface area contributed by atoms with Crippen LogP contribution in [0.25, 0.3) is 10.9 Å². The Labute approximate surface area is 119 Å². The van der Waals surface area contributed by atoms with Crippen molar-refractivity contribution >= 4 is 16.8 Å². The van der Waals surface area contributed by atoms with Crippen molar-refractivity contribution in [3.05, 3.63) is 36.0 Å². The van der Waals surface area contributed by atoms with E-state index in [-0.39, 0.29) is 5.91 Å². The summed E-state index contributed by atoms with van der Waals surface area (Å²) in [7, 11) is 2.13. The van der Waals surface area contributed by atoms with Gasteiger partial charge < -0.3 is 9.88 Å². The van der Waals surface area contributed by atoms with Crippen LogP contribution in [-0.2, 0) is 0 Å². The van der Waals surface area contributed by atoms with Crippen LogP contribution in [0.15, 0.2) is 30.3 Å². The van der Waals surface area contributed by atoms with Crippen molar-refractivity contribution in [3.8, 4) is 0 Å². The van der Waals surface area contributed by atoms with Crippen LogP contribution in [0.3, 0.4) is 0 Å². The van der Waals surface area contributed by atoms with E-state index in [1.807, 2.05) is 35.2 Å². The van der Waals surface area contributed by atoms with Crippen LogP contribution < -0.4 is 0 Å². The number of benzene rings is 1. The molecule has 1 saturated heterocycles. The zero-order valence-electron chi connectivity index (χ0n) is 12.3. The zero-order chi connectivity index (χ0) is 14.3. The van der Waals surface area contributed by atoms with Gasteiger partial charge >= 0.3 is 0 Å². The number of carbonyl (C=O) groups is 1. The molecule has 20 heavy (non-hydrogen) atoms. The van der Waals surface area contributed by atoms with Crippen LogP contribution in [0.2, 0.25) is 0 Å². The standard InChI is InChI=1S/C16H21N3O/c1-11-9-19(10-12(2)18(11)3)16(20)15-8-13-6-4-5-7-14(13)17-15/h4-8,11-12,17H,9-10H2,1-3H3. The van der Waals surface area contributed by atoms with E-state index >= 15 is 0 Å². The molecule has 2 aromatic rings. The molecule has 1 aliphatic rings. The number of piperazine rings is 1. The number of amides is 1. The van der Waals surface area contributed by atoms with Gasteiger partial charge in [0.25, 0.3) is 5.91 Å². The highest BCUT2D eigenvalue weighted by atomic mass is 16.2. The summed E-state index contributed by atoms with van der Waals surface area (Å²) in [6, 6.07) is 10.7. The molecule has 2 heterocycles. The summed E-state index contributed by atoms with van der Waals surface area (Å²) in [4.78, 5) is 20.2. The Balaban J connectivity index is 1.85. The SMILES string of the molecule is CC1CN(C(=O)c2cc3ccccc3[nH]2)CC(C)N1C. The second kappa shape index (κ2) is 4.94. The van der Waals surface area contributed by atoms with E-state index in [0.29, 0.717) is 17.8 Å². The van der Waals surface area contributed by atoms with Gasteiger partial charge in [0.05, 0.1) is 0 Å². The van der Waals surface area contributed by atoms with Crippen molar-refractivity contribution in [1.82, 2.24) is 14.8 Å². The highest BCUT2D eigenvalue weighted by Gasteiger charge is 2.30. The summed E-state index contributed by atoms with van der Waals surface area (Å²) < 4.78 is 0. The molecule has 0 spiro atoms. The summed E-state index contributed by atoms with van der Waals surface area (Å²) in [5.41, 5.74) is 1.71. The number of nitrogens with one attached hydrogen (secondary N) is 1. The molecule has 1 aliphatic heterocycles. The lowest BCUT2D eigenvalue weighted by Gasteiger charge is -2.42. The number of nitrogens with zero attached hydrogens (tertiary/aromatic N) is 2. The van der Waals surface area contributed by atoms with E-state index in [4.69, 9.17) is 0 Å². The summed E-state index contributed by atoms with van der Waals surface area (Å²) in [6.45, 7) is 5.91. The smallest absolute Gasteiger partial charge is 0.270 e. The molecule has 1 amide bonds. The van der Waals surface area contributed by atoms with Gasteiger partial charge in [0.15, 0.2) is 0 Å². The van der Waals surface area contributed by atoms with Crippen molar-refractivity contribution in [1.29, 1.82) is 0 Å². The molecular formula is C16H21N3O. The molecule has 0 radical (unpaired) electrons. The molecule has 3 rings (SSSR count). The second-order valence-corrected chi connectivity index (χ2v) is 5.84. The molecule has 1 aromatic carbocycles. The molecule has 2 unspecified atom stereocenters. The summed E-state index contributed by atoms with van der Waals surface area (Å²) in [5.74, 6) is 0.105. The van der Waals surface area contributed by atoms with E-state index in [1.165, 1.54) is 0 Å². The molecule has 0 bridgehead atoms. The summed E-state index contributed by atoms with van der Waals surface area (Å²) in [5, 5.41) is 1.09. The molecule has 2 atom stereocenters. The summed E-state index contributed by atoms with van der Waals surface area (Å²) in [6.07, 6.45) is 0. The Morgan fingerprint density at radius 3 is 2.50 bits per heavy atom. The maximum atomic E-state index is 12.6. The average Bonchev–Trinajstić information content (AvgIpc) is 2.87. The van der Waals surface area contributed by atoms with Crippen LogP contribution in [-0.4, -0.2) is 52.9 Å². The highest BCUT2D eigenvalue weighted by molar-refractivity contribution is 5.98. The Morgan fingerprint density at radius 2 is 1.85 bits per heavy atom. The maximum Gasteiger partial charge on any atom is 0.270 e. The number of likely N-dealkylation sites (N-methyl/N-ethyl adjacent to an activating group) is 1. The number of carbonyl (C=O) groups excluding carboxylic acids is 1. The Bertz CT molecular complexity index is 588. The van der Waals surface area contributed by atoms with Gasteiger partial charge in [-0.3, -0.25) is 9.69 Å². The first-order chi connectivity index (χ1) is 9.56. The number of para-hydroxylation sites is 1. The predicted octanol–water partition coefficient (Wildman–Crippen LogP) is 2.33. The van der Waals surface area contributed by atoms with Crippen LogP contribution in [0.1, 0.15) is 24.3 Å². The molecule has 0 saturated carbocycles. The number of hydrogen-bond acceptors (Lipinski definition) is 2. The van der Waals surface area contributed by atoms with Gasteiger partial charge in [-0.15, -0.1) is 0 Å². The number of rotatable bonds is 1. The zero-order valence-corrected chi connectivity index (χ0v) is 12.3. The van der Waals surface area contributed by atoms with Crippen LogP contribution >= 0.6 is 0 Å². The predicted molar refractivity (Wildman–Crippen MR) is 80.9 cm³/mol. The molecular weight excluding hydrogens is 250 g/mol. The van der Waals surface area contributed by atoms with Crippen molar-refractivity contribution in [2.45, 2.75) is 25.9 Å². The van der Waals surface area contributed by atoms with E-state index in [0.717, 1.165) is 24.0 Å². The minimum atomic E-state index is 0.105. The number of aromatic nitrogens is 1. The van der Waals surface area contributed by atoms with Gasteiger partial charge in [-0.05, 0) is 33.0 Å². The van der Waals surface area contributed by atoms with E-state index < -0.39 is 0 Å². The molecule has 1 aromatic heterocycles. The number of aromatic amines is 1. The van der Waals surface area contributed by atoms with E-state index in [9.17, 15) is 4.79 Å². The third kappa shape index (κ3) is 2.20. The molecule has 0 aliphatic carbocycles. The topological polar surface area (TPSA) is 39.3 Å². The van der Waals surface area contributed by atoms with Crippen LogP contribution in [0, 0.1) is 0 Å². The minimum absolute atomic E-state index is 0.105. The third-order valence-corrected chi connectivity index (χ3v) is 4.41. The van der Waals surface area contributed by atoms with Crippen molar-refractivity contribution in [2.24, 2.45) is 0 Å². The number of fused-ring (bicyclic) bond motifs is 1. The third-order valence-electron chi connectivity index (χ3n) is 4.41. The average molecular weight is 271 g/mol. The monoisotopic (exact) mass is 271 g/mol. The fraction of sp³-hybridized carbons (Fsp3) is 0.438. The molecule has 4 heteroatoms. The first-order valence-electron chi connectivity index (χ1n) is 7.15. The lowest BCUT2D eigenvalue weighted by atomic mass is 10.1. The fourth-order valence-electron chi connectivity index (χ4n) is 2.93. The quantitative estimate of drug-likeness (QED) is 0.864.